The number of furan rings is 1. The molecule has 0 aliphatic carbocycles. The summed E-state index contributed by atoms with van der Waals surface area (Å²) in [7, 11) is 0. The van der Waals surface area contributed by atoms with Gasteiger partial charge in [-0.15, -0.1) is 0 Å². The van der Waals surface area contributed by atoms with Crippen LogP contribution in [-0.2, 0) is 0 Å². The highest BCUT2D eigenvalue weighted by molar-refractivity contribution is 6.14. The lowest BCUT2D eigenvalue weighted by Crippen LogP contribution is -2.00. The van der Waals surface area contributed by atoms with Gasteiger partial charge >= 0.3 is 0 Å². The number of para-hydroxylation sites is 2. The summed E-state index contributed by atoms with van der Waals surface area (Å²) in [5.41, 5.74) is 9.82. The average molecular weight is 691 g/mol. The lowest BCUT2D eigenvalue weighted by atomic mass is 9.98. The molecule has 3 heterocycles. The van der Waals surface area contributed by atoms with Crippen LogP contribution in [0.2, 0.25) is 0 Å². The maximum atomic E-state index is 6.77. The monoisotopic (exact) mass is 690 g/mol. The van der Waals surface area contributed by atoms with Crippen molar-refractivity contribution >= 4 is 54.5 Å². The first-order valence-electron chi connectivity index (χ1n) is 18.1. The molecule has 0 atom stereocenters. The number of fused-ring (bicyclic) bond motifs is 7. The molecule has 0 spiro atoms. The molecule has 0 unspecified atom stereocenters. The molecule has 0 N–H and O–H groups in total. The van der Waals surface area contributed by atoms with Crippen LogP contribution in [0.3, 0.4) is 0 Å². The summed E-state index contributed by atoms with van der Waals surface area (Å²) >= 11 is 0. The van der Waals surface area contributed by atoms with Crippen molar-refractivity contribution in [2.75, 3.05) is 0 Å². The quantitative estimate of drug-likeness (QED) is 0.180. The fraction of sp³-hybridized carbons (Fsp3) is 0. The predicted molar refractivity (Wildman–Crippen MR) is 221 cm³/mol. The van der Waals surface area contributed by atoms with Gasteiger partial charge in [0, 0.05) is 38.4 Å². The molecule has 0 bridgehead atoms. The highest BCUT2D eigenvalue weighted by Gasteiger charge is 2.20. The van der Waals surface area contributed by atoms with E-state index in [2.05, 4.69) is 126 Å². The van der Waals surface area contributed by atoms with Gasteiger partial charge in [-0.25, -0.2) is 15.0 Å². The van der Waals surface area contributed by atoms with Crippen LogP contribution < -0.4 is 0 Å². The van der Waals surface area contributed by atoms with Crippen molar-refractivity contribution in [3.8, 4) is 51.0 Å². The minimum atomic E-state index is 0.556. The van der Waals surface area contributed by atoms with Crippen molar-refractivity contribution in [1.29, 1.82) is 0 Å². The maximum Gasteiger partial charge on any atom is 0.167 e. The number of aromatic nitrogens is 4. The Bertz CT molecular complexity index is 3090. The Morgan fingerprint density at radius 3 is 1.54 bits per heavy atom. The molecular weight excluding hydrogens is 661 g/mol. The van der Waals surface area contributed by atoms with Crippen molar-refractivity contribution < 1.29 is 4.42 Å². The first-order valence-corrected chi connectivity index (χ1v) is 18.1. The van der Waals surface area contributed by atoms with E-state index in [4.69, 9.17) is 19.4 Å². The zero-order valence-corrected chi connectivity index (χ0v) is 29.0. The first kappa shape index (κ1) is 30.3. The number of hydrogen-bond donors (Lipinski definition) is 0. The van der Waals surface area contributed by atoms with Gasteiger partial charge in [0.25, 0.3) is 0 Å². The van der Waals surface area contributed by atoms with E-state index in [0.29, 0.717) is 17.5 Å². The number of nitrogens with zero attached hydrogens (tertiary/aromatic N) is 4. The fourth-order valence-corrected chi connectivity index (χ4v) is 7.83. The highest BCUT2D eigenvalue weighted by Crippen LogP contribution is 2.41. The summed E-state index contributed by atoms with van der Waals surface area (Å²) in [6.45, 7) is 0. The van der Waals surface area contributed by atoms with Crippen LogP contribution in [-0.4, -0.2) is 19.5 Å². The molecule has 5 heteroatoms. The van der Waals surface area contributed by atoms with Crippen molar-refractivity contribution in [2.24, 2.45) is 0 Å². The second kappa shape index (κ2) is 12.1. The zero-order valence-electron chi connectivity index (χ0n) is 29.0. The number of benzene rings is 8. The molecule has 0 saturated heterocycles. The smallest absolute Gasteiger partial charge is 0.167 e. The van der Waals surface area contributed by atoms with Crippen molar-refractivity contribution in [1.82, 2.24) is 19.5 Å². The standard InChI is InChI=1S/C49H30N4O/c1-3-13-32(14-4-1)47-50-48(33-15-5-2-6-16-33)52-49(51-47)42-29-36(28-41-40-27-34-17-7-8-18-35(34)30-45(40)54-46(41)42)31-23-25-37(26-24-31)53-43-21-11-9-19-38(43)39-20-10-12-22-44(39)53/h1-30H. The van der Waals surface area contributed by atoms with E-state index in [0.717, 1.165) is 66.2 Å². The van der Waals surface area contributed by atoms with Gasteiger partial charge in [0.05, 0.1) is 16.6 Å². The molecular formula is C49H30N4O. The minimum absolute atomic E-state index is 0.556. The van der Waals surface area contributed by atoms with E-state index in [-0.39, 0.29) is 0 Å². The Labute approximate surface area is 310 Å². The van der Waals surface area contributed by atoms with Crippen LogP contribution >= 0.6 is 0 Å². The Balaban J connectivity index is 1.14. The summed E-state index contributed by atoms with van der Waals surface area (Å²) in [6, 6.07) is 63.4. The number of rotatable bonds is 5. The van der Waals surface area contributed by atoms with E-state index < -0.39 is 0 Å². The van der Waals surface area contributed by atoms with Crippen molar-refractivity contribution in [3.63, 3.8) is 0 Å². The minimum Gasteiger partial charge on any atom is -0.455 e. The lowest BCUT2D eigenvalue weighted by molar-refractivity contribution is 0.670. The van der Waals surface area contributed by atoms with Gasteiger partial charge in [-0.1, -0.05) is 133 Å². The SMILES string of the molecule is c1ccc(-c2nc(-c3ccccc3)nc(-c3cc(-c4ccc(-n5c6ccccc6c6ccccc65)cc4)cc4c3oc3cc5ccccc5cc34)n2)cc1. The molecule has 0 amide bonds. The Morgan fingerprint density at radius 1 is 0.370 bits per heavy atom. The maximum absolute atomic E-state index is 6.77. The molecule has 0 aliphatic rings. The fourth-order valence-electron chi connectivity index (χ4n) is 7.83. The molecule has 0 fully saturated rings. The average Bonchev–Trinajstić information content (AvgIpc) is 3.78. The summed E-state index contributed by atoms with van der Waals surface area (Å²) in [4.78, 5) is 15.2. The predicted octanol–water partition coefficient (Wildman–Crippen LogP) is 12.7. The topological polar surface area (TPSA) is 56.7 Å². The third kappa shape index (κ3) is 4.90. The third-order valence-electron chi connectivity index (χ3n) is 10.4. The van der Waals surface area contributed by atoms with Gasteiger partial charge in [-0.05, 0) is 70.4 Å². The first-order chi connectivity index (χ1) is 26.7. The lowest BCUT2D eigenvalue weighted by Gasteiger charge is -2.12. The molecule has 54 heavy (non-hydrogen) atoms. The Hall–Kier alpha value is -7.37. The molecule has 0 radical (unpaired) electrons. The highest BCUT2D eigenvalue weighted by atomic mass is 16.3. The van der Waals surface area contributed by atoms with E-state index in [9.17, 15) is 0 Å². The van der Waals surface area contributed by atoms with Gasteiger partial charge in [0.1, 0.15) is 11.2 Å². The normalized spacial score (nSPS) is 11.7. The van der Waals surface area contributed by atoms with E-state index in [1.165, 1.54) is 21.8 Å². The van der Waals surface area contributed by atoms with Crippen molar-refractivity contribution in [3.05, 3.63) is 182 Å². The third-order valence-corrected chi connectivity index (χ3v) is 10.4. The molecule has 11 rings (SSSR count). The van der Waals surface area contributed by atoms with Gasteiger partial charge < -0.3 is 8.98 Å². The Kier molecular flexibility index (Phi) is 6.79. The summed E-state index contributed by atoms with van der Waals surface area (Å²) < 4.78 is 9.12. The summed E-state index contributed by atoms with van der Waals surface area (Å²) in [5.74, 6) is 1.77. The van der Waals surface area contributed by atoms with Crippen LogP contribution in [0, 0.1) is 0 Å². The van der Waals surface area contributed by atoms with E-state index >= 15 is 0 Å². The van der Waals surface area contributed by atoms with Gasteiger partial charge in [-0.3, -0.25) is 0 Å². The molecule has 3 aromatic heterocycles. The van der Waals surface area contributed by atoms with Crippen LogP contribution in [0.4, 0.5) is 0 Å². The number of hydrogen-bond acceptors (Lipinski definition) is 4. The largest absolute Gasteiger partial charge is 0.455 e. The molecule has 8 aromatic carbocycles. The van der Waals surface area contributed by atoms with Crippen LogP contribution in [0.1, 0.15) is 0 Å². The zero-order chi connectivity index (χ0) is 35.6. The Morgan fingerprint density at radius 2 is 0.907 bits per heavy atom. The second-order valence-corrected chi connectivity index (χ2v) is 13.7. The molecule has 0 aliphatic heterocycles. The molecule has 0 saturated carbocycles. The summed E-state index contributed by atoms with van der Waals surface area (Å²) in [5, 5.41) is 6.84. The van der Waals surface area contributed by atoms with Crippen LogP contribution in [0.25, 0.3) is 105 Å². The van der Waals surface area contributed by atoms with Crippen LogP contribution in [0.5, 0.6) is 0 Å². The molecule has 252 valence electrons. The van der Waals surface area contributed by atoms with Crippen molar-refractivity contribution in [2.45, 2.75) is 0 Å². The van der Waals surface area contributed by atoms with Gasteiger partial charge in [0.15, 0.2) is 17.5 Å². The molecule has 5 nitrogen and oxygen atoms in total. The van der Waals surface area contributed by atoms with Crippen LogP contribution in [0.15, 0.2) is 186 Å². The van der Waals surface area contributed by atoms with E-state index in [1.807, 2.05) is 60.7 Å². The second-order valence-electron chi connectivity index (χ2n) is 13.7. The van der Waals surface area contributed by atoms with Gasteiger partial charge in [0.2, 0.25) is 0 Å². The molecule has 11 aromatic rings. The van der Waals surface area contributed by atoms with E-state index in [1.54, 1.807) is 0 Å². The van der Waals surface area contributed by atoms with Gasteiger partial charge in [-0.2, -0.15) is 0 Å². The summed E-state index contributed by atoms with van der Waals surface area (Å²) in [6.07, 6.45) is 0.